The molecule has 2 aromatic rings. The van der Waals surface area contributed by atoms with Crippen LogP contribution >= 0.6 is 23.4 Å². The molecular weight excluding hydrogens is 370 g/mol. The van der Waals surface area contributed by atoms with Crippen LogP contribution in [0.3, 0.4) is 0 Å². The number of hydrogen-bond donors (Lipinski definition) is 0. The molecule has 0 bridgehead atoms. The first-order valence-electron chi connectivity index (χ1n) is 8.28. The second-order valence-electron chi connectivity index (χ2n) is 6.07. The number of alkyl halides is 1. The summed E-state index contributed by atoms with van der Waals surface area (Å²) in [7, 11) is 0. The van der Waals surface area contributed by atoms with Crippen LogP contribution < -0.4 is 4.90 Å². The second-order valence-corrected chi connectivity index (χ2v) is 7.66. The fourth-order valence-electron chi connectivity index (χ4n) is 3.41. The van der Waals surface area contributed by atoms with Crippen LogP contribution in [0.2, 0.25) is 5.15 Å². The molecule has 0 saturated carbocycles. The number of ether oxygens (including phenoxy) is 1. The van der Waals surface area contributed by atoms with E-state index < -0.39 is 12.0 Å². The molecule has 2 aliphatic rings. The van der Waals surface area contributed by atoms with Gasteiger partial charge in [-0.15, -0.1) is 0 Å². The van der Waals surface area contributed by atoms with Crippen LogP contribution in [0.4, 0.5) is 14.6 Å². The van der Waals surface area contributed by atoms with Crippen molar-refractivity contribution in [2.75, 3.05) is 30.4 Å². The molecule has 0 aromatic carbocycles. The van der Waals surface area contributed by atoms with Gasteiger partial charge in [-0.2, -0.15) is 0 Å². The van der Waals surface area contributed by atoms with Gasteiger partial charge in [-0.1, -0.05) is 30.3 Å². The first-order valence-corrected chi connectivity index (χ1v) is 9.64. The lowest BCUT2D eigenvalue weighted by molar-refractivity contribution is 0.124. The van der Waals surface area contributed by atoms with E-state index in [1.54, 1.807) is 0 Å². The predicted molar refractivity (Wildman–Crippen MR) is 93.7 cm³/mol. The number of rotatable bonds is 2. The molecule has 9 heteroatoms. The first kappa shape index (κ1) is 17.2. The lowest BCUT2D eigenvalue weighted by Gasteiger charge is -2.29. The molecule has 2 atom stereocenters. The summed E-state index contributed by atoms with van der Waals surface area (Å²) in [6.07, 6.45) is -0.366. The molecule has 0 N–H and O–H groups in total. The van der Waals surface area contributed by atoms with Crippen molar-refractivity contribution < 1.29 is 13.5 Å². The number of hydrogen-bond acceptors (Lipinski definition) is 6. The SMILES string of the molecule is CCSc1nc2c3c(nc(Cl)c(F)c3n1)[C@@H](F)C[C@H]1COCCCN21. The van der Waals surface area contributed by atoms with Gasteiger partial charge in [0.05, 0.1) is 23.7 Å². The minimum Gasteiger partial charge on any atom is -0.379 e. The topological polar surface area (TPSA) is 51.1 Å². The molecule has 1 fully saturated rings. The van der Waals surface area contributed by atoms with Crippen molar-refractivity contribution in [2.45, 2.75) is 37.1 Å². The van der Waals surface area contributed by atoms with Crippen LogP contribution in [0.1, 0.15) is 31.6 Å². The minimum absolute atomic E-state index is 0.0458. The summed E-state index contributed by atoms with van der Waals surface area (Å²) in [6, 6.07) is -0.175. The maximum Gasteiger partial charge on any atom is 0.190 e. The number of halogens is 3. The van der Waals surface area contributed by atoms with E-state index in [4.69, 9.17) is 16.3 Å². The zero-order valence-electron chi connectivity index (χ0n) is 13.6. The monoisotopic (exact) mass is 386 g/mol. The molecular formula is C16H17ClF2N4OS. The Morgan fingerprint density at radius 3 is 3.00 bits per heavy atom. The predicted octanol–water partition coefficient (Wildman–Crippen LogP) is 3.94. The van der Waals surface area contributed by atoms with Crippen LogP contribution in [0, 0.1) is 5.82 Å². The Morgan fingerprint density at radius 1 is 1.36 bits per heavy atom. The molecule has 4 heterocycles. The van der Waals surface area contributed by atoms with Crippen LogP contribution in [0.25, 0.3) is 10.9 Å². The van der Waals surface area contributed by atoms with E-state index in [2.05, 4.69) is 15.0 Å². The quantitative estimate of drug-likeness (QED) is 0.442. The average Bonchev–Trinajstić information content (AvgIpc) is 2.87. The zero-order valence-corrected chi connectivity index (χ0v) is 15.2. The van der Waals surface area contributed by atoms with Crippen molar-refractivity contribution in [3.05, 3.63) is 16.7 Å². The minimum atomic E-state index is -1.37. The lowest BCUT2D eigenvalue weighted by atomic mass is 10.1. The third kappa shape index (κ3) is 2.94. The van der Waals surface area contributed by atoms with Crippen LogP contribution in [0.5, 0.6) is 0 Å². The largest absolute Gasteiger partial charge is 0.379 e. The van der Waals surface area contributed by atoms with Crippen molar-refractivity contribution in [3.63, 3.8) is 0 Å². The summed E-state index contributed by atoms with van der Waals surface area (Å²) < 4.78 is 35.2. The molecule has 0 aliphatic carbocycles. The van der Waals surface area contributed by atoms with Gasteiger partial charge in [0.25, 0.3) is 0 Å². The van der Waals surface area contributed by atoms with Crippen molar-refractivity contribution in [1.29, 1.82) is 0 Å². The van der Waals surface area contributed by atoms with E-state index in [0.29, 0.717) is 36.1 Å². The average molecular weight is 387 g/mol. The van der Waals surface area contributed by atoms with Crippen molar-refractivity contribution in [2.24, 2.45) is 0 Å². The van der Waals surface area contributed by atoms with Gasteiger partial charge in [-0.3, -0.25) is 0 Å². The third-order valence-corrected chi connectivity index (χ3v) is 5.47. The Hall–Kier alpha value is -1.25. The maximum absolute atomic E-state index is 15.0. The number of anilines is 1. The molecule has 2 aliphatic heterocycles. The van der Waals surface area contributed by atoms with Crippen molar-refractivity contribution >= 4 is 40.1 Å². The number of aromatic nitrogens is 3. The highest BCUT2D eigenvalue weighted by Gasteiger charge is 2.36. The second kappa shape index (κ2) is 6.81. The number of thioether (sulfide) groups is 1. The molecule has 0 radical (unpaired) electrons. The number of fused-ring (bicyclic) bond motifs is 2. The van der Waals surface area contributed by atoms with Crippen molar-refractivity contribution in [1.82, 2.24) is 15.0 Å². The molecule has 134 valence electrons. The van der Waals surface area contributed by atoms with Gasteiger partial charge in [-0.25, -0.2) is 23.7 Å². The third-order valence-electron chi connectivity index (χ3n) is 4.49. The Labute approximate surface area is 153 Å². The van der Waals surface area contributed by atoms with E-state index in [0.717, 1.165) is 12.2 Å². The highest BCUT2D eigenvalue weighted by molar-refractivity contribution is 7.99. The molecule has 2 aromatic heterocycles. The fourth-order valence-corrected chi connectivity index (χ4v) is 4.16. The Balaban J connectivity index is 2.03. The van der Waals surface area contributed by atoms with Gasteiger partial charge in [0, 0.05) is 19.6 Å². The van der Waals surface area contributed by atoms with Crippen LogP contribution in [-0.4, -0.2) is 46.5 Å². The van der Waals surface area contributed by atoms with Gasteiger partial charge in [-0.05, 0) is 12.2 Å². The Morgan fingerprint density at radius 2 is 2.20 bits per heavy atom. The van der Waals surface area contributed by atoms with Gasteiger partial charge < -0.3 is 9.64 Å². The number of nitrogens with zero attached hydrogens (tertiary/aromatic N) is 4. The van der Waals surface area contributed by atoms with E-state index in [1.807, 2.05) is 11.8 Å². The first-order chi connectivity index (χ1) is 12.1. The normalized spacial score (nSPS) is 23.3. The lowest BCUT2D eigenvalue weighted by Crippen LogP contribution is -2.38. The smallest absolute Gasteiger partial charge is 0.190 e. The molecule has 4 rings (SSSR count). The summed E-state index contributed by atoms with van der Waals surface area (Å²) in [5, 5.41) is 0.438. The zero-order chi connectivity index (χ0) is 17.6. The van der Waals surface area contributed by atoms with Crippen LogP contribution in [-0.2, 0) is 4.74 Å². The Kier molecular flexibility index (Phi) is 4.68. The van der Waals surface area contributed by atoms with E-state index in [-0.39, 0.29) is 28.8 Å². The van der Waals surface area contributed by atoms with Gasteiger partial charge in [0.2, 0.25) is 0 Å². The summed E-state index contributed by atoms with van der Waals surface area (Å²) in [6.45, 7) is 3.67. The molecule has 0 spiro atoms. The highest BCUT2D eigenvalue weighted by atomic mass is 35.5. The summed E-state index contributed by atoms with van der Waals surface area (Å²) in [5.74, 6) is 0.560. The van der Waals surface area contributed by atoms with E-state index in [9.17, 15) is 8.78 Å². The molecule has 25 heavy (non-hydrogen) atoms. The molecule has 0 amide bonds. The summed E-state index contributed by atoms with van der Waals surface area (Å²) in [4.78, 5) is 14.9. The summed E-state index contributed by atoms with van der Waals surface area (Å²) in [5.41, 5.74) is 0.168. The molecule has 1 saturated heterocycles. The van der Waals surface area contributed by atoms with Gasteiger partial charge in [0.15, 0.2) is 16.1 Å². The van der Waals surface area contributed by atoms with E-state index in [1.165, 1.54) is 11.8 Å². The van der Waals surface area contributed by atoms with Gasteiger partial charge in [0.1, 0.15) is 17.5 Å². The fraction of sp³-hybridized carbons (Fsp3) is 0.562. The molecule has 5 nitrogen and oxygen atoms in total. The Bertz CT molecular complexity index is 825. The summed E-state index contributed by atoms with van der Waals surface area (Å²) >= 11 is 7.33. The van der Waals surface area contributed by atoms with Crippen molar-refractivity contribution in [3.8, 4) is 0 Å². The highest BCUT2D eigenvalue weighted by Crippen LogP contribution is 2.42. The van der Waals surface area contributed by atoms with E-state index >= 15 is 0 Å². The van der Waals surface area contributed by atoms with Gasteiger partial charge >= 0.3 is 0 Å². The maximum atomic E-state index is 15.0. The van der Waals surface area contributed by atoms with Crippen LogP contribution in [0.15, 0.2) is 5.16 Å². The molecule has 0 unspecified atom stereocenters. The standard InChI is InChI=1S/C16H17ClF2N4OS/c1-2-25-16-21-13-10-12(20-14(17)11(13)19)9(18)6-8-7-24-5-3-4-23(8)15(10)22-16/h8-9H,2-7H2,1H3/t8-,9-/m0/s1. The number of pyridine rings is 1.